The van der Waals surface area contributed by atoms with Gasteiger partial charge in [-0.25, -0.2) is 0 Å². The van der Waals surface area contributed by atoms with E-state index in [0.717, 1.165) is 36.2 Å². The Morgan fingerprint density at radius 1 is 1.00 bits per heavy atom. The molecule has 4 saturated carbocycles. The summed E-state index contributed by atoms with van der Waals surface area (Å²) in [6.45, 7) is 4.55. The maximum atomic E-state index is 12.3. The molecule has 4 heteroatoms. The maximum Gasteiger partial charge on any atom is 0.311 e. The van der Waals surface area contributed by atoms with Gasteiger partial charge in [0.15, 0.2) is 11.5 Å². The average Bonchev–Trinajstić information content (AvgIpc) is 2.81. The number of hydrogen-bond acceptors (Lipinski definition) is 4. The van der Waals surface area contributed by atoms with Gasteiger partial charge in [0.25, 0.3) is 0 Å². The topological polar surface area (TPSA) is 47.9 Å². The van der Waals surface area contributed by atoms with Gasteiger partial charge >= 0.3 is 5.97 Å². The number of methoxy groups -OCH3 is 1. The Labute approximate surface area is 206 Å². The van der Waals surface area contributed by atoms with Crippen molar-refractivity contribution in [2.45, 2.75) is 110 Å². The monoisotopic (exact) mass is 467 g/mol. The highest BCUT2D eigenvalue weighted by Crippen LogP contribution is 2.61. The van der Waals surface area contributed by atoms with Crippen LogP contribution in [0.15, 0.2) is 23.2 Å². The highest BCUT2D eigenvalue weighted by molar-refractivity contribution is 5.82. The number of rotatable bonds is 13. The lowest BCUT2D eigenvalue weighted by atomic mass is 9.48. The lowest BCUT2D eigenvalue weighted by Crippen LogP contribution is -2.50. The molecule has 0 N–H and O–H groups in total. The summed E-state index contributed by atoms with van der Waals surface area (Å²) < 4.78 is 11.2. The molecule has 0 radical (unpaired) electrons. The van der Waals surface area contributed by atoms with Crippen molar-refractivity contribution in [2.75, 3.05) is 7.11 Å². The zero-order valence-electron chi connectivity index (χ0n) is 21.7. The smallest absolute Gasteiger partial charge is 0.311 e. The van der Waals surface area contributed by atoms with Crippen molar-refractivity contribution in [1.82, 2.24) is 0 Å². The van der Waals surface area contributed by atoms with Gasteiger partial charge in [-0.3, -0.25) is 9.79 Å². The third-order valence-electron chi connectivity index (χ3n) is 8.81. The first-order valence-electron chi connectivity index (χ1n) is 13.9. The molecular formula is C30H45NO3. The van der Waals surface area contributed by atoms with E-state index in [0.29, 0.717) is 29.4 Å². The minimum Gasteiger partial charge on any atom is -0.493 e. The fourth-order valence-corrected chi connectivity index (χ4v) is 7.29. The molecule has 188 valence electrons. The zero-order valence-corrected chi connectivity index (χ0v) is 21.7. The van der Waals surface area contributed by atoms with Crippen molar-refractivity contribution in [3.63, 3.8) is 0 Å². The molecule has 0 amide bonds. The Kier molecular flexibility index (Phi) is 8.71. The van der Waals surface area contributed by atoms with Gasteiger partial charge < -0.3 is 9.47 Å². The van der Waals surface area contributed by atoms with Crippen LogP contribution in [0, 0.1) is 23.2 Å². The highest BCUT2D eigenvalue weighted by Gasteiger charge is 2.53. The first-order valence-corrected chi connectivity index (χ1v) is 13.9. The van der Waals surface area contributed by atoms with Gasteiger partial charge in [-0.05, 0) is 98.8 Å². The minimum absolute atomic E-state index is 0.177. The standard InChI is InChI=1S/C30H45NO3/c1-4-5-6-7-8-9-10-11-29(32)34-27-13-12-23(17-28(27)33-3)21-31-22(2)30-18-24-14-25(19-30)16-26(15-24)20-30/h12-13,17,21-22,24-26H,4-11,14-16,18-20H2,1-3H3. The summed E-state index contributed by atoms with van der Waals surface area (Å²) in [4.78, 5) is 17.4. The van der Waals surface area contributed by atoms with E-state index in [-0.39, 0.29) is 5.97 Å². The normalized spacial score (nSPS) is 28.4. The molecule has 4 fully saturated rings. The molecule has 1 aromatic carbocycles. The fraction of sp³-hybridized carbons (Fsp3) is 0.733. The molecule has 1 aromatic rings. The SMILES string of the molecule is CCCCCCCCCC(=O)Oc1ccc(C=NC(C)C23CC4CC(CC(C4)C2)C3)cc1OC. The number of hydrogen-bond donors (Lipinski definition) is 0. The molecule has 34 heavy (non-hydrogen) atoms. The van der Waals surface area contributed by atoms with E-state index in [9.17, 15) is 4.79 Å². The fourth-order valence-electron chi connectivity index (χ4n) is 7.29. The van der Waals surface area contributed by atoms with Gasteiger partial charge in [0.2, 0.25) is 0 Å². The molecule has 5 rings (SSSR count). The van der Waals surface area contributed by atoms with E-state index < -0.39 is 0 Å². The van der Waals surface area contributed by atoms with Gasteiger partial charge in [0, 0.05) is 12.6 Å². The summed E-state index contributed by atoms with van der Waals surface area (Å²) in [5, 5.41) is 0. The van der Waals surface area contributed by atoms with Gasteiger partial charge in [0.05, 0.1) is 13.2 Å². The van der Waals surface area contributed by atoms with Crippen LogP contribution < -0.4 is 9.47 Å². The molecule has 4 bridgehead atoms. The van der Waals surface area contributed by atoms with E-state index in [1.54, 1.807) is 7.11 Å². The summed E-state index contributed by atoms with van der Waals surface area (Å²) in [6.07, 6.45) is 19.3. The molecule has 1 unspecified atom stereocenters. The second-order valence-electron chi connectivity index (χ2n) is 11.5. The van der Waals surface area contributed by atoms with Crippen molar-refractivity contribution in [3.05, 3.63) is 23.8 Å². The van der Waals surface area contributed by atoms with E-state index in [1.807, 2.05) is 24.4 Å². The number of unbranched alkanes of at least 4 members (excludes halogenated alkanes) is 6. The number of esters is 1. The Morgan fingerprint density at radius 2 is 1.62 bits per heavy atom. The molecule has 4 aliphatic carbocycles. The van der Waals surface area contributed by atoms with Crippen LogP contribution in [0.1, 0.15) is 109 Å². The van der Waals surface area contributed by atoms with Gasteiger partial charge in [-0.15, -0.1) is 0 Å². The largest absolute Gasteiger partial charge is 0.493 e. The van der Waals surface area contributed by atoms with Gasteiger partial charge in [-0.1, -0.05) is 45.4 Å². The van der Waals surface area contributed by atoms with Gasteiger partial charge in [-0.2, -0.15) is 0 Å². The summed E-state index contributed by atoms with van der Waals surface area (Å²) in [5.74, 6) is 3.75. The number of benzene rings is 1. The van der Waals surface area contributed by atoms with Crippen LogP contribution in [-0.2, 0) is 4.79 Å². The third kappa shape index (κ3) is 6.23. The number of carbonyl (C=O) groups excluding carboxylic acids is 1. The predicted octanol–water partition coefficient (Wildman–Crippen LogP) is 7.77. The summed E-state index contributed by atoms with van der Waals surface area (Å²) in [6, 6.07) is 6.12. The Morgan fingerprint density at radius 3 is 2.24 bits per heavy atom. The Bertz CT molecular complexity index is 810. The van der Waals surface area contributed by atoms with E-state index >= 15 is 0 Å². The van der Waals surface area contributed by atoms with E-state index in [4.69, 9.17) is 14.5 Å². The molecule has 4 nitrogen and oxygen atoms in total. The molecular weight excluding hydrogens is 422 g/mol. The summed E-state index contributed by atoms with van der Waals surface area (Å²) >= 11 is 0. The highest BCUT2D eigenvalue weighted by atomic mass is 16.6. The van der Waals surface area contributed by atoms with Crippen molar-refractivity contribution in [2.24, 2.45) is 28.2 Å². The first-order chi connectivity index (χ1) is 16.5. The molecule has 0 spiro atoms. The average molecular weight is 468 g/mol. The molecule has 0 heterocycles. The van der Waals surface area contributed by atoms with Crippen molar-refractivity contribution in [3.8, 4) is 11.5 Å². The number of nitrogens with zero attached hydrogens (tertiary/aromatic N) is 1. The van der Waals surface area contributed by atoms with E-state index in [1.165, 1.54) is 70.6 Å². The molecule has 4 aliphatic rings. The number of aliphatic imine (C=N–C) groups is 1. The van der Waals surface area contributed by atoms with Crippen molar-refractivity contribution in [1.29, 1.82) is 0 Å². The maximum absolute atomic E-state index is 12.3. The Balaban J connectivity index is 1.28. The van der Waals surface area contributed by atoms with Crippen molar-refractivity contribution < 1.29 is 14.3 Å². The van der Waals surface area contributed by atoms with Crippen LogP contribution in [0.25, 0.3) is 0 Å². The van der Waals surface area contributed by atoms with E-state index in [2.05, 4.69) is 13.8 Å². The first kappa shape index (κ1) is 25.3. The summed E-state index contributed by atoms with van der Waals surface area (Å²) in [7, 11) is 1.63. The van der Waals surface area contributed by atoms with Crippen LogP contribution in [0.2, 0.25) is 0 Å². The second-order valence-corrected chi connectivity index (χ2v) is 11.5. The van der Waals surface area contributed by atoms with Crippen LogP contribution >= 0.6 is 0 Å². The molecule has 0 saturated heterocycles. The van der Waals surface area contributed by atoms with Crippen LogP contribution in [0.5, 0.6) is 11.5 Å². The van der Waals surface area contributed by atoms with Gasteiger partial charge in [0.1, 0.15) is 0 Å². The summed E-state index contributed by atoms with van der Waals surface area (Å²) in [5.41, 5.74) is 1.42. The van der Waals surface area contributed by atoms with Crippen LogP contribution in [-0.4, -0.2) is 25.3 Å². The number of ether oxygens (including phenoxy) is 2. The Hall–Kier alpha value is -1.84. The lowest BCUT2D eigenvalue weighted by Gasteiger charge is -2.58. The second kappa shape index (κ2) is 11.7. The number of carbonyl (C=O) groups is 1. The van der Waals surface area contributed by atoms with Crippen LogP contribution in [0.4, 0.5) is 0 Å². The zero-order chi connectivity index (χ0) is 24.0. The lowest BCUT2D eigenvalue weighted by molar-refractivity contribution is -0.134. The molecule has 0 aliphatic heterocycles. The minimum atomic E-state index is -0.177. The molecule has 1 atom stereocenters. The molecule has 0 aromatic heterocycles. The third-order valence-corrected chi connectivity index (χ3v) is 8.81. The van der Waals surface area contributed by atoms with Crippen molar-refractivity contribution >= 4 is 12.2 Å². The van der Waals surface area contributed by atoms with Crippen LogP contribution in [0.3, 0.4) is 0 Å². The predicted molar refractivity (Wildman–Crippen MR) is 139 cm³/mol. The quantitative estimate of drug-likeness (QED) is 0.129.